The van der Waals surface area contributed by atoms with Crippen LogP contribution in [-0.2, 0) is 10.3 Å². The van der Waals surface area contributed by atoms with Gasteiger partial charge in [0.2, 0.25) is 0 Å². The Morgan fingerprint density at radius 2 is 2.38 bits per heavy atom. The number of nitrogens with zero attached hydrogens (tertiary/aromatic N) is 1. The summed E-state index contributed by atoms with van der Waals surface area (Å²) < 4.78 is 33.0. The molecule has 0 aromatic heterocycles. The van der Waals surface area contributed by atoms with Crippen LogP contribution in [0.3, 0.4) is 0 Å². The average Bonchev–Trinajstić information content (AvgIpc) is 2.55. The van der Waals surface area contributed by atoms with Gasteiger partial charge in [-0.2, -0.15) is 0 Å². The largest absolute Gasteiger partial charge is 0.465 e. The fourth-order valence-corrected chi connectivity index (χ4v) is 4.32. The van der Waals surface area contributed by atoms with E-state index in [-0.39, 0.29) is 23.3 Å². The quantitative estimate of drug-likeness (QED) is 0.706. The Kier molecular flexibility index (Phi) is 4.64. The number of fused-ring (bicyclic) bond motifs is 1. The summed E-state index contributed by atoms with van der Waals surface area (Å²) in [5.74, 6) is -0.206. The van der Waals surface area contributed by atoms with E-state index in [0.29, 0.717) is 17.9 Å². The van der Waals surface area contributed by atoms with Gasteiger partial charge in [-0.25, -0.2) is 18.6 Å². The van der Waals surface area contributed by atoms with Crippen molar-refractivity contribution in [2.24, 2.45) is 10.9 Å². The molecule has 24 heavy (non-hydrogen) atoms. The van der Waals surface area contributed by atoms with E-state index in [1.807, 2.05) is 0 Å². The van der Waals surface area contributed by atoms with Gasteiger partial charge in [-0.1, -0.05) is 11.8 Å². The van der Waals surface area contributed by atoms with Crippen LogP contribution >= 0.6 is 11.8 Å². The van der Waals surface area contributed by atoms with E-state index in [1.54, 1.807) is 0 Å². The lowest BCUT2D eigenvalue weighted by Crippen LogP contribution is -2.51. The molecule has 0 bridgehead atoms. The molecule has 1 fully saturated rings. The van der Waals surface area contributed by atoms with E-state index in [4.69, 9.17) is 15.6 Å². The topological polar surface area (TPSA) is 96.9 Å². The number of anilines is 1. The third-order valence-corrected chi connectivity index (χ3v) is 5.36. The second-order valence-electron chi connectivity index (χ2n) is 5.84. The molecule has 1 aromatic carbocycles. The van der Waals surface area contributed by atoms with Crippen LogP contribution < -0.4 is 11.1 Å². The first-order chi connectivity index (χ1) is 11.4. The zero-order valence-electron chi connectivity index (χ0n) is 12.7. The van der Waals surface area contributed by atoms with Gasteiger partial charge >= 0.3 is 6.09 Å². The third kappa shape index (κ3) is 3.05. The van der Waals surface area contributed by atoms with Crippen LogP contribution in [0.2, 0.25) is 0 Å². The van der Waals surface area contributed by atoms with Crippen LogP contribution in [0.25, 0.3) is 0 Å². The zero-order valence-corrected chi connectivity index (χ0v) is 13.5. The smallest absolute Gasteiger partial charge is 0.410 e. The molecule has 0 unspecified atom stereocenters. The number of hydrogen-bond acceptors (Lipinski definition) is 5. The molecule has 1 amide bonds. The van der Waals surface area contributed by atoms with Gasteiger partial charge < -0.3 is 15.6 Å². The molecule has 0 spiro atoms. The Labute approximate surface area is 141 Å². The minimum atomic E-state index is -1.25. The van der Waals surface area contributed by atoms with E-state index in [2.05, 4.69) is 10.3 Å². The average molecular weight is 357 g/mol. The number of rotatable bonds is 2. The minimum Gasteiger partial charge on any atom is -0.465 e. The number of thioether (sulfide) groups is 1. The van der Waals surface area contributed by atoms with E-state index in [1.165, 1.54) is 30.0 Å². The summed E-state index contributed by atoms with van der Waals surface area (Å²) in [4.78, 5) is 15.4. The van der Waals surface area contributed by atoms with Gasteiger partial charge in [0, 0.05) is 22.9 Å². The van der Waals surface area contributed by atoms with Gasteiger partial charge in [-0.15, -0.1) is 0 Å². The molecular formula is C15H17F2N3O3S. The lowest BCUT2D eigenvalue weighted by molar-refractivity contribution is -0.0653. The first-order valence-corrected chi connectivity index (χ1v) is 8.39. The number of halogens is 2. The van der Waals surface area contributed by atoms with Crippen molar-refractivity contribution in [2.45, 2.75) is 18.1 Å². The fourth-order valence-electron chi connectivity index (χ4n) is 3.16. The highest BCUT2D eigenvalue weighted by atomic mass is 32.2. The number of amides is 1. The van der Waals surface area contributed by atoms with Gasteiger partial charge in [0.05, 0.1) is 12.7 Å². The first kappa shape index (κ1) is 17.0. The summed E-state index contributed by atoms with van der Waals surface area (Å²) in [6.45, 7) is -0.654. The third-order valence-electron chi connectivity index (χ3n) is 4.33. The maximum atomic E-state index is 14.5. The molecule has 2 aliphatic rings. The van der Waals surface area contributed by atoms with Crippen molar-refractivity contribution in [3.8, 4) is 0 Å². The molecule has 1 saturated heterocycles. The van der Waals surface area contributed by atoms with E-state index >= 15 is 0 Å². The standard InChI is InChI=1S/C15H17F2N3O3S/c16-5-10-3-8-6-24-13(19-14(21)22)20-15(8,7-23-10)11-4-9(18)1-2-12(11)17/h1-2,4,8,10H,3,5-7,18H2,(H,19,20)(H,21,22)/t8-,10+,15-/m0/s1. The fraction of sp³-hybridized carbons (Fsp3) is 0.467. The van der Waals surface area contributed by atoms with Crippen molar-refractivity contribution in [1.29, 1.82) is 0 Å². The lowest BCUT2D eigenvalue weighted by atomic mass is 9.75. The molecule has 0 radical (unpaired) electrons. The summed E-state index contributed by atoms with van der Waals surface area (Å²) >= 11 is 1.22. The molecule has 6 nitrogen and oxygen atoms in total. The van der Waals surface area contributed by atoms with Crippen LogP contribution in [0.1, 0.15) is 12.0 Å². The number of carboxylic acid groups (broad SMARTS) is 1. The van der Waals surface area contributed by atoms with Crippen LogP contribution in [0.5, 0.6) is 0 Å². The van der Waals surface area contributed by atoms with Gasteiger partial charge in [-0.3, -0.25) is 5.32 Å². The molecule has 2 heterocycles. The summed E-state index contributed by atoms with van der Waals surface area (Å²) in [5, 5.41) is 11.3. The molecule has 1 aromatic rings. The predicted molar refractivity (Wildman–Crippen MR) is 87.4 cm³/mol. The molecule has 0 aliphatic carbocycles. The van der Waals surface area contributed by atoms with Crippen molar-refractivity contribution >= 4 is 28.7 Å². The number of amidine groups is 1. The van der Waals surface area contributed by atoms with Crippen molar-refractivity contribution in [1.82, 2.24) is 5.32 Å². The van der Waals surface area contributed by atoms with E-state index < -0.39 is 30.2 Å². The summed E-state index contributed by atoms with van der Waals surface area (Å²) in [7, 11) is 0. The maximum absolute atomic E-state index is 14.5. The van der Waals surface area contributed by atoms with Crippen LogP contribution in [-0.4, -0.2) is 41.5 Å². The molecule has 4 N–H and O–H groups in total. The van der Waals surface area contributed by atoms with Crippen molar-refractivity contribution in [3.63, 3.8) is 0 Å². The highest BCUT2D eigenvalue weighted by Crippen LogP contribution is 2.47. The summed E-state index contributed by atoms with van der Waals surface area (Å²) in [5.41, 5.74) is 5.29. The van der Waals surface area contributed by atoms with Crippen molar-refractivity contribution in [3.05, 3.63) is 29.6 Å². The number of carbonyl (C=O) groups is 1. The highest BCUT2D eigenvalue weighted by Gasteiger charge is 2.49. The second kappa shape index (κ2) is 6.56. The zero-order chi connectivity index (χ0) is 17.3. The molecule has 3 atom stereocenters. The Morgan fingerprint density at radius 3 is 3.08 bits per heavy atom. The Morgan fingerprint density at radius 1 is 1.58 bits per heavy atom. The van der Waals surface area contributed by atoms with Gasteiger partial charge in [0.1, 0.15) is 18.0 Å². The molecule has 130 valence electrons. The normalized spacial score (nSPS) is 29.5. The van der Waals surface area contributed by atoms with Gasteiger partial charge in [0.15, 0.2) is 5.17 Å². The van der Waals surface area contributed by atoms with Crippen LogP contribution in [0, 0.1) is 11.7 Å². The number of alkyl halides is 1. The van der Waals surface area contributed by atoms with E-state index in [9.17, 15) is 13.6 Å². The van der Waals surface area contributed by atoms with Crippen molar-refractivity contribution in [2.75, 3.05) is 24.8 Å². The van der Waals surface area contributed by atoms with Gasteiger partial charge in [-0.05, 0) is 24.6 Å². The number of nitrogens with two attached hydrogens (primary N) is 1. The number of nitrogens with one attached hydrogen (secondary N) is 1. The summed E-state index contributed by atoms with van der Waals surface area (Å²) in [6.07, 6.45) is -1.43. The Hall–Kier alpha value is -1.87. The monoisotopic (exact) mass is 357 g/mol. The predicted octanol–water partition coefficient (Wildman–Crippen LogP) is 2.35. The van der Waals surface area contributed by atoms with Crippen LogP contribution in [0.4, 0.5) is 19.3 Å². The summed E-state index contributed by atoms with van der Waals surface area (Å²) in [6, 6.07) is 4.18. The highest BCUT2D eigenvalue weighted by molar-refractivity contribution is 8.13. The second-order valence-corrected chi connectivity index (χ2v) is 6.85. The van der Waals surface area contributed by atoms with Crippen LogP contribution in [0.15, 0.2) is 23.2 Å². The molecule has 3 rings (SSSR count). The van der Waals surface area contributed by atoms with Gasteiger partial charge in [0.25, 0.3) is 0 Å². The minimum absolute atomic E-state index is 0.0298. The molecule has 9 heteroatoms. The van der Waals surface area contributed by atoms with E-state index in [0.717, 1.165) is 0 Å². The molecular weight excluding hydrogens is 340 g/mol. The Balaban J connectivity index is 2.08. The Bertz CT molecular complexity index is 688. The number of benzene rings is 1. The van der Waals surface area contributed by atoms with Crippen molar-refractivity contribution < 1.29 is 23.4 Å². The maximum Gasteiger partial charge on any atom is 0.410 e. The number of nitrogen functional groups attached to an aromatic ring is 1. The lowest BCUT2D eigenvalue weighted by Gasteiger charge is -2.46. The number of ether oxygens (including phenoxy) is 1. The molecule has 0 saturated carbocycles. The molecule has 2 aliphatic heterocycles. The number of aliphatic imine (C=N–C) groups is 1. The first-order valence-electron chi connectivity index (χ1n) is 7.40. The number of hydrogen-bond donors (Lipinski definition) is 3. The SMILES string of the molecule is Nc1ccc(F)c([C@]23CO[C@@H](CF)C[C@H]2CSC(NC(=O)O)=N3)c1.